The van der Waals surface area contributed by atoms with E-state index in [0.29, 0.717) is 0 Å². The van der Waals surface area contributed by atoms with Crippen molar-refractivity contribution < 1.29 is 0 Å². The molecule has 1 N–H and O–H groups in total. The maximum absolute atomic E-state index is 3.50. The first kappa shape index (κ1) is 23.2. The van der Waals surface area contributed by atoms with E-state index in [0.717, 1.165) is 32.7 Å². The lowest BCUT2D eigenvalue weighted by Crippen LogP contribution is -2.23. The second-order valence-corrected chi connectivity index (χ2v) is 8.94. The minimum Gasteiger partial charge on any atom is -0.309 e. The molecule has 0 aliphatic rings. The standard InChI is InChI=1S/C26H34N2S/c1-5-28(17-8-6-7-15-26(2,3)4)21-25-12-9-11-24(19-25)20-27-16-10-13-23-14-18-29-22-23/h6,8-14,18-19,22,27H,5,16-17,20-21H2,1-4H3. The lowest BCUT2D eigenvalue weighted by molar-refractivity contribution is 0.311. The summed E-state index contributed by atoms with van der Waals surface area (Å²) in [4.78, 5) is 2.42. The third-order valence-corrected chi connectivity index (χ3v) is 5.00. The summed E-state index contributed by atoms with van der Waals surface area (Å²) in [6.45, 7) is 13.3. The van der Waals surface area contributed by atoms with Crippen LogP contribution in [0.4, 0.5) is 0 Å². The van der Waals surface area contributed by atoms with Gasteiger partial charge in [-0.05, 0) is 66.9 Å². The molecule has 2 aromatic rings. The fourth-order valence-corrected chi connectivity index (χ4v) is 3.41. The van der Waals surface area contributed by atoms with E-state index >= 15 is 0 Å². The Labute approximate surface area is 181 Å². The molecule has 0 spiro atoms. The summed E-state index contributed by atoms with van der Waals surface area (Å²) in [7, 11) is 0. The van der Waals surface area contributed by atoms with Gasteiger partial charge >= 0.3 is 0 Å². The van der Waals surface area contributed by atoms with Gasteiger partial charge in [-0.25, -0.2) is 0 Å². The summed E-state index contributed by atoms with van der Waals surface area (Å²) in [6, 6.07) is 11.0. The molecule has 3 heteroatoms. The highest BCUT2D eigenvalue weighted by Crippen LogP contribution is 2.11. The van der Waals surface area contributed by atoms with Crippen LogP contribution in [0.2, 0.25) is 0 Å². The molecule has 2 rings (SSSR count). The van der Waals surface area contributed by atoms with Gasteiger partial charge in [-0.3, -0.25) is 4.90 Å². The Morgan fingerprint density at radius 1 is 1.14 bits per heavy atom. The van der Waals surface area contributed by atoms with Gasteiger partial charge in [0.15, 0.2) is 0 Å². The zero-order chi connectivity index (χ0) is 21.0. The van der Waals surface area contributed by atoms with E-state index in [9.17, 15) is 0 Å². The average molecular weight is 407 g/mol. The monoisotopic (exact) mass is 406 g/mol. The van der Waals surface area contributed by atoms with Gasteiger partial charge in [0.2, 0.25) is 0 Å². The Morgan fingerprint density at radius 2 is 1.97 bits per heavy atom. The molecular weight excluding hydrogens is 372 g/mol. The first-order valence-electron chi connectivity index (χ1n) is 10.3. The minimum atomic E-state index is 0.0585. The van der Waals surface area contributed by atoms with Crippen molar-refractivity contribution in [3.8, 4) is 11.8 Å². The van der Waals surface area contributed by atoms with Crippen molar-refractivity contribution in [3.05, 3.63) is 76.0 Å². The van der Waals surface area contributed by atoms with Crippen LogP contribution >= 0.6 is 11.3 Å². The van der Waals surface area contributed by atoms with Crippen LogP contribution < -0.4 is 5.32 Å². The molecular formula is C26H34N2S. The topological polar surface area (TPSA) is 15.3 Å². The van der Waals surface area contributed by atoms with Crippen molar-refractivity contribution in [3.63, 3.8) is 0 Å². The van der Waals surface area contributed by atoms with Gasteiger partial charge in [-0.1, -0.05) is 61.3 Å². The molecule has 1 aromatic heterocycles. The number of allylic oxidation sites excluding steroid dienone is 1. The molecule has 29 heavy (non-hydrogen) atoms. The Kier molecular flexibility index (Phi) is 9.94. The second-order valence-electron chi connectivity index (χ2n) is 8.16. The lowest BCUT2D eigenvalue weighted by atomic mass is 9.98. The first-order valence-corrected chi connectivity index (χ1v) is 11.3. The van der Waals surface area contributed by atoms with Gasteiger partial charge in [0.05, 0.1) is 0 Å². The number of likely N-dealkylation sites (N-methyl/N-ethyl adjacent to an activating group) is 1. The predicted octanol–water partition coefficient (Wildman–Crippen LogP) is 5.98. The van der Waals surface area contributed by atoms with Crippen molar-refractivity contribution in [2.45, 2.75) is 40.8 Å². The molecule has 1 aromatic carbocycles. The third kappa shape index (κ3) is 10.3. The Morgan fingerprint density at radius 3 is 2.69 bits per heavy atom. The summed E-state index contributed by atoms with van der Waals surface area (Å²) in [5, 5.41) is 7.76. The second kappa shape index (κ2) is 12.4. The van der Waals surface area contributed by atoms with Gasteiger partial charge in [-0.2, -0.15) is 11.3 Å². The van der Waals surface area contributed by atoms with Crippen LogP contribution in [-0.2, 0) is 13.1 Å². The molecule has 0 unspecified atom stereocenters. The number of nitrogens with one attached hydrogen (secondary N) is 1. The van der Waals surface area contributed by atoms with Crippen LogP contribution in [0.5, 0.6) is 0 Å². The SMILES string of the molecule is CCN(CC=CC#CC(C)(C)C)Cc1cccc(CNCC=Cc2ccsc2)c1. The van der Waals surface area contributed by atoms with Gasteiger partial charge in [0, 0.05) is 31.6 Å². The number of nitrogens with zero attached hydrogens (tertiary/aromatic N) is 1. The molecule has 0 aliphatic carbocycles. The van der Waals surface area contributed by atoms with Crippen LogP contribution in [0, 0.1) is 17.3 Å². The zero-order valence-corrected chi connectivity index (χ0v) is 19.1. The number of thiophene rings is 1. The first-order chi connectivity index (χ1) is 14.0. The molecule has 0 atom stereocenters. The molecule has 0 radical (unpaired) electrons. The van der Waals surface area contributed by atoms with Crippen molar-refractivity contribution >= 4 is 17.4 Å². The van der Waals surface area contributed by atoms with E-state index in [1.165, 1.54) is 16.7 Å². The normalized spacial score (nSPS) is 12.0. The van der Waals surface area contributed by atoms with E-state index in [4.69, 9.17) is 0 Å². The molecule has 1 heterocycles. The molecule has 0 aliphatic heterocycles. The maximum Gasteiger partial charge on any atom is 0.0237 e. The molecule has 2 nitrogen and oxygen atoms in total. The van der Waals surface area contributed by atoms with Gasteiger partial charge in [0.1, 0.15) is 0 Å². The van der Waals surface area contributed by atoms with E-state index < -0.39 is 0 Å². The number of benzene rings is 1. The Bertz CT molecular complexity index is 830. The fourth-order valence-electron chi connectivity index (χ4n) is 2.79. The van der Waals surface area contributed by atoms with Crippen LogP contribution in [0.15, 0.2) is 59.3 Å². The van der Waals surface area contributed by atoms with Crippen LogP contribution in [-0.4, -0.2) is 24.5 Å². The summed E-state index contributed by atoms with van der Waals surface area (Å²) < 4.78 is 0. The molecule has 0 amide bonds. The molecule has 154 valence electrons. The highest BCUT2D eigenvalue weighted by atomic mass is 32.1. The van der Waals surface area contributed by atoms with Crippen molar-refractivity contribution in [1.82, 2.24) is 10.2 Å². The Hall–Kier alpha value is -2.12. The number of rotatable bonds is 10. The summed E-state index contributed by atoms with van der Waals surface area (Å²) in [5.41, 5.74) is 4.02. The van der Waals surface area contributed by atoms with E-state index in [1.807, 2.05) is 6.08 Å². The highest BCUT2D eigenvalue weighted by Gasteiger charge is 2.04. The van der Waals surface area contributed by atoms with E-state index in [1.54, 1.807) is 11.3 Å². The zero-order valence-electron chi connectivity index (χ0n) is 18.2. The average Bonchev–Trinajstić information content (AvgIpc) is 3.19. The maximum atomic E-state index is 3.50. The lowest BCUT2D eigenvalue weighted by Gasteiger charge is -2.19. The van der Waals surface area contributed by atoms with Crippen molar-refractivity contribution in [1.29, 1.82) is 0 Å². The Balaban J connectivity index is 1.79. The largest absolute Gasteiger partial charge is 0.309 e. The smallest absolute Gasteiger partial charge is 0.0237 e. The fraction of sp³-hybridized carbons (Fsp3) is 0.385. The van der Waals surface area contributed by atoms with Gasteiger partial charge in [-0.15, -0.1) is 0 Å². The molecule has 0 bridgehead atoms. The molecule has 0 saturated carbocycles. The summed E-state index contributed by atoms with van der Waals surface area (Å²) >= 11 is 1.73. The summed E-state index contributed by atoms with van der Waals surface area (Å²) in [6.07, 6.45) is 8.49. The highest BCUT2D eigenvalue weighted by molar-refractivity contribution is 7.08. The van der Waals surface area contributed by atoms with Gasteiger partial charge < -0.3 is 5.32 Å². The van der Waals surface area contributed by atoms with Crippen molar-refractivity contribution in [2.75, 3.05) is 19.6 Å². The van der Waals surface area contributed by atoms with Crippen LogP contribution in [0.3, 0.4) is 0 Å². The van der Waals surface area contributed by atoms with E-state index in [2.05, 4.69) is 109 Å². The number of hydrogen-bond donors (Lipinski definition) is 1. The molecule has 0 fully saturated rings. The molecule has 0 saturated heterocycles. The van der Waals surface area contributed by atoms with E-state index in [-0.39, 0.29) is 5.41 Å². The van der Waals surface area contributed by atoms with Gasteiger partial charge in [0.25, 0.3) is 0 Å². The third-order valence-electron chi connectivity index (χ3n) is 4.30. The quantitative estimate of drug-likeness (QED) is 0.386. The number of hydrogen-bond acceptors (Lipinski definition) is 3. The summed E-state index contributed by atoms with van der Waals surface area (Å²) in [5.74, 6) is 6.39. The van der Waals surface area contributed by atoms with Crippen LogP contribution in [0.1, 0.15) is 44.4 Å². The minimum absolute atomic E-state index is 0.0585. The van der Waals surface area contributed by atoms with Crippen molar-refractivity contribution in [2.24, 2.45) is 5.41 Å². The van der Waals surface area contributed by atoms with Crippen LogP contribution in [0.25, 0.3) is 6.08 Å². The predicted molar refractivity (Wildman–Crippen MR) is 129 cm³/mol.